The third-order valence-corrected chi connectivity index (χ3v) is 5.52. The molecule has 1 amide bonds. The predicted molar refractivity (Wildman–Crippen MR) is 130 cm³/mol. The van der Waals surface area contributed by atoms with Crippen LogP contribution in [0, 0.1) is 5.82 Å². The lowest BCUT2D eigenvalue weighted by Gasteiger charge is -2.12. The fourth-order valence-electron chi connectivity index (χ4n) is 3.63. The second kappa shape index (κ2) is 9.44. The van der Waals surface area contributed by atoms with E-state index in [2.05, 4.69) is 25.7 Å². The molecule has 2 aromatic heterocycles. The summed E-state index contributed by atoms with van der Waals surface area (Å²) in [6.45, 7) is 0.685. The van der Waals surface area contributed by atoms with Crippen LogP contribution in [0.15, 0.2) is 72.9 Å². The molecule has 5 rings (SSSR count). The van der Waals surface area contributed by atoms with Gasteiger partial charge in [0, 0.05) is 28.5 Å². The van der Waals surface area contributed by atoms with E-state index in [0.29, 0.717) is 28.7 Å². The number of hydrogen-bond donors (Lipinski definition) is 2. The van der Waals surface area contributed by atoms with E-state index in [9.17, 15) is 9.18 Å². The Morgan fingerprint density at radius 1 is 0.971 bits per heavy atom. The number of rotatable bonds is 7. The highest BCUT2D eigenvalue weighted by Crippen LogP contribution is 2.24. The Morgan fingerprint density at radius 2 is 1.79 bits per heavy atom. The minimum atomic E-state index is -0.285. The third-order valence-electron chi connectivity index (χ3n) is 5.29. The molecule has 0 atom stereocenters. The van der Waals surface area contributed by atoms with Gasteiger partial charge >= 0.3 is 0 Å². The summed E-state index contributed by atoms with van der Waals surface area (Å²) in [6, 6.07) is 19.3. The Morgan fingerprint density at radius 3 is 2.62 bits per heavy atom. The maximum Gasteiger partial charge on any atom is 0.242 e. The van der Waals surface area contributed by atoms with Crippen molar-refractivity contribution in [2.75, 3.05) is 5.32 Å². The number of anilines is 1. The van der Waals surface area contributed by atoms with Crippen LogP contribution in [0.5, 0.6) is 0 Å². The zero-order valence-electron chi connectivity index (χ0n) is 18.0. The molecule has 34 heavy (non-hydrogen) atoms. The molecular formula is C25H20ClFN6O. The van der Waals surface area contributed by atoms with E-state index in [0.717, 1.165) is 21.9 Å². The molecule has 0 radical (unpaired) electrons. The zero-order chi connectivity index (χ0) is 23.5. The monoisotopic (exact) mass is 474 g/mol. The number of amides is 1. The van der Waals surface area contributed by atoms with Crippen molar-refractivity contribution in [2.24, 2.45) is 0 Å². The van der Waals surface area contributed by atoms with Gasteiger partial charge in [0.2, 0.25) is 5.91 Å². The maximum absolute atomic E-state index is 13.2. The van der Waals surface area contributed by atoms with Crippen LogP contribution in [0.25, 0.3) is 21.8 Å². The molecule has 0 spiro atoms. The first-order valence-electron chi connectivity index (χ1n) is 10.7. The Hall–Kier alpha value is -4.04. The first-order chi connectivity index (χ1) is 16.5. The van der Waals surface area contributed by atoms with Crippen LogP contribution < -0.4 is 10.6 Å². The number of nitrogens with zero attached hydrogens (tertiary/aromatic N) is 4. The van der Waals surface area contributed by atoms with E-state index in [1.807, 2.05) is 36.5 Å². The van der Waals surface area contributed by atoms with Gasteiger partial charge in [-0.25, -0.2) is 14.4 Å². The summed E-state index contributed by atoms with van der Waals surface area (Å²) in [5, 5.41) is 12.9. The van der Waals surface area contributed by atoms with E-state index in [1.54, 1.807) is 28.9 Å². The van der Waals surface area contributed by atoms with Crippen molar-refractivity contribution in [3.05, 3.63) is 95.2 Å². The standard InChI is InChI=1S/C25H20ClFN6O/c26-18-7-10-20-22(11-18)30-23(31-25(20)29-12-16-5-8-19(27)9-6-16)13-28-24(34)15-33-14-17-3-1-2-4-21(17)32-33/h1-11,14H,12-13,15H2,(H,28,34)(H,29,30,31). The summed E-state index contributed by atoms with van der Waals surface area (Å²) in [6.07, 6.45) is 1.83. The van der Waals surface area contributed by atoms with Crippen molar-refractivity contribution in [1.29, 1.82) is 0 Å². The number of halogens is 2. The van der Waals surface area contributed by atoms with Crippen molar-refractivity contribution >= 4 is 45.1 Å². The SMILES string of the molecule is O=C(Cn1cc2ccccc2n1)NCc1nc(NCc2ccc(F)cc2)c2ccc(Cl)cc2n1. The topological polar surface area (TPSA) is 84.7 Å². The molecule has 0 aliphatic heterocycles. The van der Waals surface area contributed by atoms with Crippen LogP contribution in [0.2, 0.25) is 5.02 Å². The number of fused-ring (bicyclic) bond motifs is 2. The fraction of sp³-hybridized carbons (Fsp3) is 0.120. The molecule has 0 bridgehead atoms. The summed E-state index contributed by atoms with van der Waals surface area (Å²) in [7, 11) is 0. The second-order valence-corrected chi connectivity index (χ2v) is 8.23. The van der Waals surface area contributed by atoms with E-state index < -0.39 is 0 Å². The number of aromatic nitrogens is 4. The zero-order valence-corrected chi connectivity index (χ0v) is 18.8. The summed E-state index contributed by atoms with van der Waals surface area (Å²) >= 11 is 6.17. The van der Waals surface area contributed by atoms with E-state index in [4.69, 9.17) is 11.6 Å². The molecule has 2 heterocycles. The van der Waals surface area contributed by atoms with Gasteiger partial charge < -0.3 is 10.6 Å². The van der Waals surface area contributed by atoms with Crippen molar-refractivity contribution in [2.45, 2.75) is 19.6 Å². The van der Waals surface area contributed by atoms with Crippen molar-refractivity contribution in [3.8, 4) is 0 Å². The molecular weight excluding hydrogens is 455 g/mol. The lowest BCUT2D eigenvalue weighted by molar-refractivity contribution is -0.122. The first-order valence-corrected chi connectivity index (χ1v) is 11.0. The number of nitrogens with one attached hydrogen (secondary N) is 2. The van der Waals surface area contributed by atoms with Crippen LogP contribution in [0.4, 0.5) is 10.2 Å². The van der Waals surface area contributed by atoms with E-state index in [1.165, 1.54) is 12.1 Å². The molecule has 170 valence electrons. The molecule has 2 N–H and O–H groups in total. The number of benzene rings is 3. The molecule has 0 aliphatic rings. The number of carbonyl (C=O) groups is 1. The Labute approximate surface area is 199 Å². The fourth-order valence-corrected chi connectivity index (χ4v) is 3.80. The van der Waals surface area contributed by atoms with Crippen LogP contribution in [-0.4, -0.2) is 25.7 Å². The Bertz CT molecular complexity index is 1450. The van der Waals surface area contributed by atoms with Crippen molar-refractivity contribution in [1.82, 2.24) is 25.1 Å². The summed E-state index contributed by atoms with van der Waals surface area (Å²) in [5.74, 6) is 0.555. The molecule has 0 unspecified atom stereocenters. The second-order valence-electron chi connectivity index (χ2n) is 7.79. The molecule has 7 nitrogen and oxygen atoms in total. The normalized spacial score (nSPS) is 11.1. The van der Waals surface area contributed by atoms with Gasteiger partial charge in [-0.05, 0) is 42.0 Å². The summed E-state index contributed by atoms with van der Waals surface area (Å²) < 4.78 is 14.8. The van der Waals surface area contributed by atoms with Crippen LogP contribution in [0.1, 0.15) is 11.4 Å². The Kier molecular flexibility index (Phi) is 6.05. The highest BCUT2D eigenvalue weighted by Gasteiger charge is 2.11. The quantitative estimate of drug-likeness (QED) is 0.357. The van der Waals surface area contributed by atoms with Crippen LogP contribution in [0.3, 0.4) is 0 Å². The van der Waals surface area contributed by atoms with Gasteiger partial charge in [0.15, 0.2) is 5.82 Å². The summed E-state index contributed by atoms with van der Waals surface area (Å²) in [5.41, 5.74) is 2.40. The molecule has 0 fully saturated rings. The largest absolute Gasteiger partial charge is 0.365 e. The average Bonchev–Trinajstić information content (AvgIpc) is 3.24. The van der Waals surface area contributed by atoms with Gasteiger partial charge in [-0.15, -0.1) is 0 Å². The van der Waals surface area contributed by atoms with Gasteiger partial charge in [-0.2, -0.15) is 5.10 Å². The highest BCUT2D eigenvalue weighted by atomic mass is 35.5. The van der Waals surface area contributed by atoms with E-state index >= 15 is 0 Å². The van der Waals surface area contributed by atoms with E-state index in [-0.39, 0.29) is 24.8 Å². The lowest BCUT2D eigenvalue weighted by Crippen LogP contribution is -2.28. The van der Waals surface area contributed by atoms with Gasteiger partial charge in [0.25, 0.3) is 0 Å². The van der Waals surface area contributed by atoms with Crippen LogP contribution in [-0.2, 0) is 24.4 Å². The molecule has 9 heteroatoms. The van der Waals surface area contributed by atoms with Crippen molar-refractivity contribution < 1.29 is 9.18 Å². The predicted octanol–water partition coefficient (Wildman–Crippen LogP) is 4.70. The first kappa shape index (κ1) is 21.8. The van der Waals surface area contributed by atoms with Gasteiger partial charge in [0.05, 0.1) is 17.6 Å². The molecule has 5 aromatic rings. The highest BCUT2D eigenvalue weighted by molar-refractivity contribution is 6.31. The molecule has 0 saturated carbocycles. The number of hydrogen-bond acceptors (Lipinski definition) is 5. The molecule has 0 aliphatic carbocycles. The Balaban J connectivity index is 1.31. The lowest BCUT2D eigenvalue weighted by atomic mass is 10.2. The molecule has 0 saturated heterocycles. The third kappa shape index (κ3) is 4.97. The molecule has 3 aromatic carbocycles. The van der Waals surface area contributed by atoms with Gasteiger partial charge in [-0.1, -0.05) is 41.9 Å². The minimum Gasteiger partial charge on any atom is -0.365 e. The van der Waals surface area contributed by atoms with Gasteiger partial charge in [-0.3, -0.25) is 9.48 Å². The summed E-state index contributed by atoms with van der Waals surface area (Å²) in [4.78, 5) is 21.7. The number of carbonyl (C=O) groups excluding carboxylic acids is 1. The van der Waals surface area contributed by atoms with Gasteiger partial charge in [0.1, 0.15) is 18.2 Å². The average molecular weight is 475 g/mol. The minimum absolute atomic E-state index is 0.0871. The van der Waals surface area contributed by atoms with Crippen molar-refractivity contribution in [3.63, 3.8) is 0 Å². The maximum atomic E-state index is 13.2. The smallest absolute Gasteiger partial charge is 0.242 e. The van der Waals surface area contributed by atoms with Crippen LogP contribution >= 0.6 is 11.6 Å².